The van der Waals surface area contributed by atoms with Gasteiger partial charge in [-0.2, -0.15) is 0 Å². The zero-order valence-corrected chi connectivity index (χ0v) is 14.2. The third-order valence-electron chi connectivity index (χ3n) is 3.50. The highest BCUT2D eigenvalue weighted by atomic mass is 35.5. The van der Waals surface area contributed by atoms with Crippen molar-refractivity contribution in [2.75, 3.05) is 26.8 Å². The lowest BCUT2D eigenvalue weighted by atomic mass is 9.79. The maximum atomic E-state index is 6.10. The third-order valence-corrected chi connectivity index (χ3v) is 4.24. The Balaban J connectivity index is 2.66. The van der Waals surface area contributed by atoms with Gasteiger partial charge >= 0.3 is 0 Å². The van der Waals surface area contributed by atoms with Crippen molar-refractivity contribution in [3.8, 4) is 0 Å². The van der Waals surface area contributed by atoms with E-state index in [9.17, 15) is 0 Å². The van der Waals surface area contributed by atoms with Crippen LogP contribution in [0.4, 0.5) is 0 Å². The Bertz CT molecular complexity index is 411. The van der Waals surface area contributed by atoms with Gasteiger partial charge in [-0.05, 0) is 36.0 Å². The highest BCUT2D eigenvalue weighted by Crippen LogP contribution is 2.30. The van der Waals surface area contributed by atoms with Crippen LogP contribution in [-0.2, 0) is 11.2 Å². The Labute approximate surface area is 132 Å². The standard InChI is InChI=1S/C16H25Cl2NO/c1-4-7-16(2,12-19-8-9-20-3)11-13-5-6-14(17)15(18)10-13/h5-6,10,19H,4,7-9,11-12H2,1-3H3. The Hall–Kier alpha value is -0.280. The summed E-state index contributed by atoms with van der Waals surface area (Å²) in [5.74, 6) is 0. The van der Waals surface area contributed by atoms with Crippen LogP contribution in [-0.4, -0.2) is 26.8 Å². The maximum Gasteiger partial charge on any atom is 0.0595 e. The summed E-state index contributed by atoms with van der Waals surface area (Å²) in [6, 6.07) is 5.92. The first-order chi connectivity index (χ1) is 9.50. The molecule has 0 radical (unpaired) electrons. The number of benzene rings is 1. The van der Waals surface area contributed by atoms with E-state index in [1.54, 1.807) is 7.11 Å². The molecule has 0 fully saturated rings. The van der Waals surface area contributed by atoms with Gasteiger partial charge in [0.15, 0.2) is 0 Å². The van der Waals surface area contributed by atoms with Crippen LogP contribution in [0.1, 0.15) is 32.3 Å². The molecule has 0 aliphatic rings. The van der Waals surface area contributed by atoms with E-state index in [2.05, 4.69) is 25.2 Å². The van der Waals surface area contributed by atoms with E-state index in [-0.39, 0.29) is 5.41 Å². The molecule has 1 rings (SSSR count). The minimum atomic E-state index is 0.222. The van der Waals surface area contributed by atoms with Crippen molar-refractivity contribution in [3.05, 3.63) is 33.8 Å². The Kier molecular flexibility index (Phi) is 7.90. The summed E-state index contributed by atoms with van der Waals surface area (Å²) in [7, 11) is 1.72. The van der Waals surface area contributed by atoms with Crippen LogP contribution in [0.25, 0.3) is 0 Å². The number of ether oxygens (including phenoxy) is 1. The molecule has 114 valence electrons. The minimum absolute atomic E-state index is 0.222. The first-order valence-electron chi connectivity index (χ1n) is 7.14. The Morgan fingerprint density at radius 1 is 1.25 bits per heavy atom. The van der Waals surface area contributed by atoms with E-state index in [1.165, 1.54) is 18.4 Å². The molecule has 4 heteroatoms. The molecule has 0 spiro atoms. The van der Waals surface area contributed by atoms with Gasteiger partial charge in [0.2, 0.25) is 0 Å². The van der Waals surface area contributed by atoms with Gasteiger partial charge in [-0.1, -0.05) is 49.5 Å². The lowest BCUT2D eigenvalue weighted by Crippen LogP contribution is -2.35. The van der Waals surface area contributed by atoms with E-state index in [4.69, 9.17) is 27.9 Å². The molecule has 0 aliphatic heterocycles. The molecule has 0 aromatic heterocycles. The summed E-state index contributed by atoms with van der Waals surface area (Å²) in [6.45, 7) is 7.15. The quantitative estimate of drug-likeness (QED) is 0.673. The molecule has 20 heavy (non-hydrogen) atoms. The molecule has 1 aromatic carbocycles. The second-order valence-corrected chi connectivity index (χ2v) is 6.47. The molecule has 1 atom stereocenters. The highest BCUT2D eigenvalue weighted by Gasteiger charge is 2.23. The van der Waals surface area contributed by atoms with Crippen molar-refractivity contribution in [1.82, 2.24) is 5.32 Å². The molecular weight excluding hydrogens is 293 g/mol. The first kappa shape index (κ1) is 17.8. The van der Waals surface area contributed by atoms with Crippen LogP contribution < -0.4 is 5.32 Å². The molecule has 0 heterocycles. The average molecular weight is 318 g/mol. The Morgan fingerprint density at radius 2 is 2.00 bits per heavy atom. The second kappa shape index (κ2) is 8.89. The van der Waals surface area contributed by atoms with E-state index in [1.807, 2.05) is 12.1 Å². The van der Waals surface area contributed by atoms with E-state index >= 15 is 0 Å². The third kappa shape index (κ3) is 6.01. The number of methoxy groups -OCH3 is 1. The number of hydrogen-bond donors (Lipinski definition) is 1. The SMILES string of the molecule is CCCC(C)(CNCCOC)Cc1ccc(Cl)c(Cl)c1. The van der Waals surface area contributed by atoms with E-state index < -0.39 is 0 Å². The van der Waals surface area contributed by atoms with Crippen molar-refractivity contribution < 1.29 is 4.74 Å². The molecular formula is C16H25Cl2NO. The van der Waals surface area contributed by atoms with Crippen LogP contribution in [0.15, 0.2) is 18.2 Å². The van der Waals surface area contributed by atoms with Crippen LogP contribution >= 0.6 is 23.2 Å². The number of hydrogen-bond acceptors (Lipinski definition) is 2. The molecule has 1 unspecified atom stereocenters. The molecule has 0 saturated heterocycles. The highest BCUT2D eigenvalue weighted by molar-refractivity contribution is 6.42. The largest absolute Gasteiger partial charge is 0.383 e. The van der Waals surface area contributed by atoms with Crippen molar-refractivity contribution >= 4 is 23.2 Å². The van der Waals surface area contributed by atoms with Gasteiger partial charge in [0.25, 0.3) is 0 Å². The van der Waals surface area contributed by atoms with Crippen molar-refractivity contribution in [2.24, 2.45) is 5.41 Å². The molecule has 0 aliphatic carbocycles. The van der Waals surface area contributed by atoms with Gasteiger partial charge in [0.1, 0.15) is 0 Å². The van der Waals surface area contributed by atoms with Gasteiger partial charge in [-0.15, -0.1) is 0 Å². The molecule has 0 bridgehead atoms. The average Bonchev–Trinajstić information content (AvgIpc) is 2.39. The molecule has 2 nitrogen and oxygen atoms in total. The van der Waals surface area contributed by atoms with Crippen molar-refractivity contribution in [3.63, 3.8) is 0 Å². The van der Waals surface area contributed by atoms with E-state index in [0.717, 1.165) is 26.1 Å². The van der Waals surface area contributed by atoms with E-state index in [0.29, 0.717) is 10.0 Å². The lowest BCUT2D eigenvalue weighted by Gasteiger charge is -2.30. The molecule has 0 amide bonds. The molecule has 1 N–H and O–H groups in total. The fraction of sp³-hybridized carbons (Fsp3) is 0.625. The monoisotopic (exact) mass is 317 g/mol. The maximum absolute atomic E-state index is 6.10. The van der Waals surface area contributed by atoms with Crippen LogP contribution in [0.3, 0.4) is 0 Å². The summed E-state index contributed by atoms with van der Waals surface area (Å²) < 4.78 is 5.07. The predicted molar refractivity (Wildman–Crippen MR) is 87.9 cm³/mol. The fourth-order valence-corrected chi connectivity index (χ4v) is 2.87. The van der Waals surface area contributed by atoms with Gasteiger partial charge in [-0.3, -0.25) is 0 Å². The van der Waals surface area contributed by atoms with Crippen LogP contribution in [0, 0.1) is 5.41 Å². The predicted octanol–water partition coefficient (Wildman–Crippen LogP) is 4.58. The summed E-state index contributed by atoms with van der Waals surface area (Å²) in [5, 5.41) is 4.73. The summed E-state index contributed by atoms with van der Waals surface area (Å²) in [4.78, 5) is 0. The van der Waals surface area contributed by atoms with Crippen molar-refractivity contribution in [2.45, 2.75) is 33.1 Å². The smallest absolute Gasteiger partial charge is 0.0595 e. The second-order valence-electron chi connectivity index (χ2n) is 5.66. The lowest BCUT2D eigenvalue weighted by molar-refractivity contribution is 0.190. The zero-order chi connectivity index (χ0) is 15.0. The van der Waals surface area contributed by atoms with Crippen LogP contribution in [0.5, 0.6) is 0 Å². The summed E-state index contributed by atoms with van der Waals surface area (Å²) in [5.41, 5.74) is 1.46. The topological polar surface area (TPSA) is 21.3 Å². The van der Waals surface area contributed by atoms with Gasteiger partial charge in [-0.25, -0.2) is 0 Å². The van der Waals surface area contributed by atoms with Crippen molar-refractivity contribution in [1.29, 1.82) is 0 Å². The van der Waals surface area contributed by atoms with Crippen LogP contribution in [0.2, 0.25) is 10.0 Å². The zero-order valence-electron chi connectivity index (χ0n) is 12.6. The Morgan fingerprint density at radius 3 is 2.60 bits per heavy atom. The fourth-order valence-electron chi connectivity index (χ4n) is 2.55. The minimum Gasteiger partial charge on any atom is -0.383 e. The first-order valence-corrected chi connectivity index (χ1v) is 7.90. The van der Waals surface area contributed by atoms with Gasteiger partial charge in [0.05, 0.1) is 16.7 Å². The number of halogens is 2. The molecule has 1 aromatic rings. The number of rotatable bonds is 9. The number of nitrogens with one attached hydrogen (secondary N) is 1. The van der Waals surface area contributed by atoms with Gasteiger partial charge < -0.3 is 10.1 Å². The normalized spacial score (nSPS) is 14.2. The summed E-state index contributed by atoms with van der Waals surface area (Å²) >= 11 is 12.1. The van der Waals surface area contributed by atoms with Gasteiger partial charge in [0, 0.05) is 20.2 Å². The molecule has 0 saturated carbocycles. The summed E-state index contributed by atoms with van der Waals surface area (Å²) in [6.07, 6.45) is 3.34.